The molecule has 5 heteroatoms. The molecule has 0 saturated carbocycles. The van der Waals surface area contributed by atoms with Gasteiger partial charge in [-0.1, -0.05) is 24.3 Å². The van der Waals surface area contributed by atoms with Crippen LogP contribution in [-0.4, -0.2) is 21.7 Å². The second-order valence-corrected chi connectivity index (χ2v) is 5.66. The molecule has 0 radical (unpaired) electrons. The lowest BCUT2D eigenvalue weighted by Gasteiger charge is -2.03. The van der Waals surface area contributed by atoms with Gasteiger partial charge in [0, 0.05) is 12.1 Å². The number of carbonyl (C=O) groups excluding carboxylic acids is 1. The zero-order valence-corrected chi connectivity index (χ0v) is 14.1. The first-order valence-corrected chi connectivity index (χ1v) is 7.96. The van der Waals surface area contributed by atoms with Crippen molar-refractivity contribution in [1.82, 2.24) is 15.0 Å². The van der Waals surface area contributed by atoms with Crippen LogP contribution in [0.15, 0.2) is 47.6 Å². The third-order valence-corrected chi connectivity index (χ3v) is 4.08. The number of nitrogens with zero attached hydrogens (tertiary/aromatic N) is 3. The van der Waals surface area contributed by atoms with Crippen molar-refractivity contribution in [3.8, 4) is 0 Å². The second-order valence-electron chi connectivity index (χ2n) is 5.66. The fourth-order valence-electron chi connectivity index (χ4n) is 2.75. The first kappa shape index (κ1) is 15.9. The predicted octanol–water partition coefficient (Wildman–Crippen LogP) is 3.44. The Labute approximate surface area is 141 Å². The van der Waals surface area contributed by atoms with Crippen molar-refractivity contribution in [3.05, 3.63) is 65.0 Å². The van der Waals surface area contributed by atoms with Gasteiger partial charge in [0.1, 0.15) is 5.82 Å². The van der Waals surface area contributed by atoms with Crippen molar-refractivity contribution in [2.45, 2.75) is 27.3 Å². The summed E-state index contributed by atoms with van der Waals surface area (Å²) >= 11 is 0. The quantitative estimate of drug-likeness (QED) is 0.591. The highest BCUT2D eigenvalue weighted by atomic mass is 16.2. The molecule has 0 atom stereocenters. The average molecular weight is 320 g/mol. The number of rotatable bonds is 4. The van der Waals surface area contributed by atoms with E-state index in [-0.39, 0.29) is 5.91 Å². The summed E-state index contributed by atoms with van der Waals surface area (Å²) in [4.78, 5) is 16.8. The van der Waals surface area contributed by atoms with Gasteiger partial charge in [-0.3, -0.25) is 4.79 Å². The van der Waals surface area contributed by atoms with Gasteiger partial charge in [0.25, 0.3) is 5.91 Å². The van der Waals surface area contributed by atoms with Crippen molar-refractivity contribution >= 4 is 23.2 Å². The predicted molar refractivity (Wildman–Crippen MR) is 96.4 cm³/mol. The van der Waals surface area contributed by atoms with E-state index in [1.54, 1.807) is 18.3 Å². The molecule has 0 spiro atoms. The Morgan fingerprint density at radius 3 is 2.79 bits per heavy atom. The highest BCUT2D eigenvalue weighted by Crippen LogP contribution is 2.17. The van der Waals surface area contributed by atoms with Crippen LogP contribution >= 0.6 is 0 Å². The maximum Gasteiger partial charge on any atom is 0.271 e. The Balaban J connectivity index is 1.78. The van der Waals surface area contributed by atoms with E-state index in [2.05, 4.69) is 27.0 Å². The minimum absolute atomic E-state index is 0.245. The van der Waals surface area contributed by atoms with E-state index >= 15 is 0 Å². The van der Waals surface area contributed by atoms with E-state index in [4.69, 9.17) is 0 Å². The number of nitrogens with one attached hydrogen (secondary N) is 1. The average Bonchev–Trinajstić information content (AvgIpc) is 2.90. The number of fused-ring (bicyclic) bond motifs is 1. The van der Waals surface area contributed by atoms with Gasteiger partial charge < -0.3 is 4.57 Å². The monoisotopic (exact) mass is 320 g/mol. The lowest BCUT2D eigenvalue weighted by Crippen LogP contribution is -2.17. The zero-order valence-electron chi connectivity index (χ0n) is 14.1. The summed E-state index contributed by atoms with van der Waals surface area (Å²) in [7, 11) is 0. The minimum atomic E-state index is -0.245. The molecule has 1 N–H and O–H groups in total. The molecule has 0 saturated heterocycles. The van der Waals surface area contributed by atoms with Crippen LogP contribution in [0, 0.1) is 13.8 Å². The van der Waals surface area contributed by atoms with E-state index in [1.165, 1.54) is 0 Å². The third-order valence-electron chi connectivity index (χ3n) is 4.08. The number of benzene rings is 2. The van der Waals surface area contributed by atoms with Gasteiger partial charge in [-0.15, -0.1) is 0 Å². The maximum atomic E-state index is 12.3. The largest absolute Gasteiger partial charge is 0.329 e. The molecule has 0 aliphatic rings. The fourth-order valence-corrected chi connectivity index (χ4v) is 2.75. The van der Waals surface area contributed by atoms with Gasteiger partial charge in [-0.05, 0) is 50.1 Å². The Morgan fingerprint density at radius 2 is 2.04 bits per heavy atom. The molecule has 2 aromatic carbocycles. The van der Waals surface area contributed by atoms with Crippen LogP contribution < -0.4 is 5.43 Å². The Kier molecular flexibility index (Phi) is 4.42. The molecule has 1 aromatic heterocycles. The smallest absolute Gasteiger partial charge is 0.271 e. The summed E-state index contributed by atoms with van der Waals surface area (Å²) in [5, 5.41) is 4.05. The first-order chi connectivity index (χ1) is 11.6. The number of carbonyl (C=O) groups is 1. The molecule has 1 heterocycles. The molecule has 0 fully saturated rings. The Bertz CT molecular complexity index is 924. The molecular weight excluding hydrogens is 300 g/mol. The lowest BCUT2D eigenvalue weighted by atomic mass is 10.1. The molecule has 122 valence electrons. The van der Waals surface area contributed by atoms with Crippen LogP contribution in [-0.2, 0) is 6.54 Å². The van der Waals surface area contributed by atoms with E-state index in [9.17, 15) is 4.79 Å². The topological polar surface area (TPSA) is 59.3 Å². The molecule has 0 unspecified atom stereocenters. The van der Waals surface area contributed by atoms with Crippen molar-refractivity contribution in [1.29, 1.82) is 0 Å². The van der Waals surface area contributed by atoms with Crippen LogP contribution in [0.1, 0.15) is 34.2 Å². The second kappa shape index (κ2) is 6.66. The summed E-state index contributed by atoms with van der Waals surface area (Å²) in [5.41, 5.74) is 7.06. The normalized spacial score (nSPS) is 11.3. The van der Waals surface area contributed by atoms with Crippen LogP contribution in [0.3, 0.4) is 0 Å². The number of aryl methyl sites for hydroxylation is 3. The molecule has 5 nitrogen and oxygen atoms in total. The lowest BCUT2D eigenvalue weighted by molar-refractivity contribution is 0.0955. The van der Waals surface area contributed by atoms with Crippen LogP contribution in [0.5, 0.6) is 0 Å². The van der Waals surface area contributed by atoms with Gasteiger partial charge in [0.2, 0.25) is 0 Å². The number of imidazole rings is 1. The number of hydrogen-bond donors (Lipinski definition) is 1. The van der Waals surface area contributed by atoms with Crippen molar-refractivity contribution < 1.29 is 4.79 Å². The first-order valence-electron chi connectivity index (χ1n) is 7.96. The Morgan fingerprint density at radius 1 is 1.25 bits per heavy atom. The van der Waals surface area contributed by atoms with E-state index in [0.717, 1.165) is 34.5 Å². The number of amides is 1. The zero-order chi connectivity index (χ0) is 17.1. The minimum Gasteiger partial charge on any atom is -0.329 e. The van der Waals surface area contributed by atoms with Crippen molar-refractivity contribution in [2.75, 3.05) is 0 Å². The molecular formula is C19H20N4O. The van der Waals surface area contributed by atoms with Gasteiger partial charge in [-0.25, -0.2) is 10.4 Å². The molecule has 0 bridgehead atoms. The molecule has 0 aliphatic heterocycles. The van der Waals surface area contributed by atoms with Crippen LogP contribution in [0.2, 0.25) is 0 Å². The van der Waals surface area contributed by atoms with Gasteiger partial charge in [0.05, 0.1) is 17.2 Å². The summed E-state index contributed by atoms with van der Waals surface area (Å²) < 4.78 is 2.12. The highest BCUT2D eigenvalue weighted by molar-refractivity contribution is 5.98. The summed E-state index contributed by atoms with van der Waals surface area (Å²) in [6.07, 6.45) is 1.65. The SMILES string of the molecule is CCn1c(C)nc2cc(C(=O)NN=Cc3ccccc3C)ccc21. The van der Waals surface area contributed by atoms with Crippen molar-refractivity contribution in [3.63, 3.8) is 0 Å². The van der Waals surface area contributed by atoms with Gasteiger partial charge in [-0.2, -0.15) is 5.10 Å². The van der Waals surface area contributed by atoms with Gasteiger partial charge >= 0.3 is 0 Å². The van der Waals surface area contributed by atoms with E-state index in [1.807, 2.05) is 44.2 Å². The van der Waals surface area contributed by atoms with Crippen LogP contribution in [0.4, 0.5) is 0 Å². The summed E-state index contributed by atoms with van der Waals surface area (Å²) in [6.45, 7) is 6.91. The maximum absolute atomic E-state index is 12.3. The standard InChI is InChI=1S/C19H20N4O/c1-4-23-14(3)21-17-11-15(9-10-18(17)23)19(24)22-20-12-16-8-6-5-7-13(16)2/h5-12H,4H2,1-3H3,(H,22,24). The number of aromatic nitrogens is 2. The highest BCUT2D eigenvalue weighted by Gasteiger charge is 2.10. The molecule has 0 aliphatic carbocycles. The third kappa shape index (κ3) is 3.06. The van der Waals surface area contributed by atoms with Gasteiger partial charge in [0.15, 0.2) is 0 Å². The summed E-state index contributed by atoms with van der Waals surface area (Å²) in [6, 6.07) is 13.4. The number of hydrazone groups is 1. The molecule has 1 amide bonds. The molecule has 3 rings (SSSR count). The Hall–Kier alpha value is -2.95. The summed E-state index contributed by atoms with van der Waals surface area (Å²) in [5.74, 6) is 0.702. The fraction of sp³-hybridized carbons (Fsp3) is 0.211. The van der Waals surface area contributed by atoms with E-state index < -0.39 is 0 Å². The van der Waals surface area contributed by atoms with E-state index in [0.29, 0.717) is 5.56 Å². The molecule has 3 aromatic rings. The van der Waals surface area contributed by atoms with Crippen molar-refractivity contribution in [2.24, 2.45) is 5.10 Å². The molecule has 24 heavy (non-hydrogen) atoms. The van der Waals surface area contributed by atoms with Crippen LogP contribution in [0.25, 0.3) is 11.0 Å². The number of hydrogen-bond acceptors (Lipinski definition) is 3.